The summed E-state index contributed by atoms with van der Waals surface area (Å²) in [5, 5.41) is 2.95. The van der Waals surface area contributed by atoms with E-state index in [2.05, 4.69) is 20.3 Å². The Morgan fingerprint density at radius 1 is 1.26 bits per heavy atom. The summed E-state index contributed by atoms with van der Waals surface area (Å²) in [6, 6.07) is 2.61. The first-order valence-corrected chi connectivity index (χ1v) is 8.51. The molecule has 1 fully saturated rings. The van der Waals surface area contributed by atoms with Gasteiger partial charge in [-0.1, -0.05) is 0 Å². The van der Waals surface area contributed by atoms with E-state index in [1.54, 1.807) is 19.1 Å². The van der Waals surface area contributed by atoms with Gasteiger partial charge in [-0.3, -0.25) is 9.78 Å². The maximum atomic E-state index is 13.5. The third-order valence-corrected chi connectivity index (χ3v) is 4.54. The average Bonchev–Trinajstić information content (AvgIpc) is 2.98. The summed E-state index contributed by atoms with van der Waals surface area (Å²) < 4.78 is 51.1. The summed E-state index contributed by atoms with van der Waals surface area (Å²) in [4.78, 5) is 23.0. The van der Waals surface area contributed by atoms with Gasteiger partial charge in [-0.2, -0.15) is 13.2 Å². The molecule has 5 nitrogen and oxygen atoms in total. The smallest absolute Gasteiger partial charge is 0.302 e. The van der Waals surface area contributed by atoms with Crippen molar-refractivity contribution >= 4 is 5.78 Å². The molecule has 0 spiro atoms. The molecule has 1 aliphatic heterocycles. The number of halogens is 4. The van der Waals surface area contributed by atoms with Gasteiger partial charge in [0.1, 0.15) is 12.0 Å². The number of pyridine rings is 1. The van der Waals surface area contributed by atoms with Gasteiger partial charge in [0.15, 0.2) is 0 Å². The Labute approximate surface area is 153 Å². The predicted octanol–water partition coefficient (Wildman–Crippen LogP) is 3.15. The van der Waals surface area contributed by atoms with Crippen LogP contribution >= 0.6 is 0 Å². The predicted molar refractivity (Wildman–Crippen MR) is 89.5 cm³/mol. The SMILES string of the molecule is C[C@@H]1N[C@H](C(=O)CCc2ccnc(-c3cnc(C(F)(F)F)nc3)c2)C[C@H]1F. The van der Waals surface area contributed by atoms with E-state index < -0.39 is 24.2 Å². The molecule has 2 aromatic heterocycles. The second kappa shape index (κ2) is 7.67. The number of carbonyl (C=O) groups is 1. The van der Waals surface area contributed by atoms with E-state index in [0.717, 1.165) is 18.0 Å². The third kappa shape index (κ3) is 4.65. The Kier molecular flexibility index (Phi) is 5.50. The van der Waals surface area contributed by atoms with Gasteiger partial charge in [0, 0.05) is 43.0 Å². The van der Waals surface area contributed by atoms with Gasteiger partial charge in [0.25, 0.3) is 0 Å². The quantitative estimate of drug-likeness (QED) is 0.805. The van der Waals surface area contributed by atoms with Gasteiger partial charge in [-0.05, 0) is 31.0 Å². The van der Waals surface area contributed by atoms with E-state index in [1.165, 1.54) is 6.20 Å². The minimum Gasteiger partial charge on any atom is -0.302 e. The molecule has 0 unspecified atom stereocenters. The lowest BCUT2D eigenvalue weighted by atomic mass is 10.0. The standard InChI is InChI=1S/C18H18F4N4O/c1-10-13(19)7-15(26-10)16(27)3-2-11-4-5-23-14(6-11)12-8-24-17(25-9-12)18(20,21)22/h4-6,8-10,13,15,26H,2-3,7H2,1H3/t10-,13+,15-/m0/s1. The Morgan fingerprint density at radius 3 is 2.56 bits per heavy atom. The molecule has 3 rings (SSSR count). The number of nitrogens with one attached hydrogen (secondary N) is 1. The van der Waals surface area contributed by atoms with E-state index >= 15 is 0 Å². The lowest BCUT2D eigenvalue weighted by molar-refractivity contribution is -0.145. The van der Waals surface area contributed by atoms with Crippen LogP contribution in [0.4, 0.5) is 17.6 Å². The second-order valence-electron chi connectivity index (χ2n) is 6.57. The van der Waals surface area contributed by atoms with Gasteiger partial charge in [-0.25, -0.2) is 14.4 Å². The monoisotopic (exact) mass is 382 g/mol. The minimum absolute atomic E-state index is 0.0572. The Hall–Kier alpha value is -2.42. The number of hydrogen-bond acceptors (Lipinski definition) is 5. The van der Waals surface area contributed by atoms with E-state index in [9.17, 15) is 22.4 Å². The van der Waals surface area contributed by atoms with Crippen molar-refractivity contribution in [2.24, 2.45) is 0 Å². The van der Waals surface area contributed by atoms with Gasteiger partial charge < -0.3 is 5.32 Å². The van der Waals surface area contributed by atoms with Crippen LogP contribution in [0.2, 0.25) is 0 Å². The molecule has 9 heteroatoms. The van der Waals surface area contributed by atoms with Gasteiger partial charge in [-0.15, -0.1) is 0 Å². The fourth-order valence-electron chi connectivity index (χ4n) is 2.98. The normalized spacial score (nSPS) is 22.8. The molecule has 0 saturated carbocycles. The van der Waals surface area contributed by atoms with E-state index in [0.29, 0.717) is 17.7 Å². The zero-order valence-electron chi connectivity index (χ0n) is 14.5. The first-order valence-electron chi connectivity index (χ1n) is 8.51. The minimum atomic E-state index is -4.60. The maximum absolute atomic E-state index is 13.5. The summed E-state index contributed by atoms with van der Waals surface area (Å²) >= 11 is 0. The number of Topliss-reactive ketones (excluding diaryl/α,β-unsaturated/α-hetero) is 1. The zero-order chi connectivity index (χ0) is 19.6. The Balaban J connectivity index is 1.65. The lowest BCUT2D eigenvalue weighted by Crippen LogP contribution is -2.35. The highest BCUT2D eigenvalue weighted by atomic mass is 19.4. The van der Waals surface area contributed by atoms with Crippen LogP contribution in [0.1, 0.15) is 31.2 Å². The number of aryl methyl sites for hydroxylation is 1. The molecule has 3 heterocycles. The number of nitrogens with zero attached hydrogens (tertiary/aromatic N) is 3. The van der Waals surface area contributed by atoms with Crippen molar-refractivity contribution in [1.82, 2.24) is 20.3 Å². The maximum Gasteiger partial charge on any atom is 0.451 e. The number of rotatable bonds is 5. The topological polar surface area (TPSA) is 67.8 Å². The molecular weight excluding hydrogens is 364 g/mol. The van der Waals surface area contributed by atoms with Crippen molar-refractivity contribution in [3.8, 4) is 11.3 Å². The average molecular weight is 382 g/mol. The van der Waals surface area contributed by atoms with Crippen LogP contribution in [-0.2, 0) is 17.4 Å². The molecule has 2 aromatic rings. The van der Waals surface area contributed by atoms with Crippen LogP contribution in [0.3, 0.4) is 0 Å². The largest absolute Gasteiger partial charge is 0.451 e. The third-order valence-electron chi connectivity index (χ3n) is 4.54. The summed E-state index contributed by atoms with van der Waals surface area (Å²) in [7, 11) is 0. The zero-order valence-corrected chi connectivity index (χ0v) is 14.5. The number of aromatic nitrogens is 3. The van der Waals surface area contributed by atoms with Crippen LogP contribution in [0, 0.1) is 0 Å². The molecule has 0 aliphatic carbocycles. The van der Waals surface area contributed by atoms with Gasteiger partial charge in [0.05, 0.1) is 11.7 Å². The molecule has 0 bridgehead atoms. The molecule has 0 amide bonds. The fraction of sp³-hybridized carbons (Fsp3) is 0.444. The second-order valence-corrected chi connectivity index (χ2v) is 6.57. The van der Waals surface area contributed by atoms with Crippen LogP contribution in [-0.4, -0.2) is 39.0 Å². The van der Waals surface area contributed by atoms with E-state index in [4.69, 9.17) is 0 Å². The highest BCUT2D eigenvalue weighted by Gasteiger charge is 2.35. The van der Waals surface area contributed by atoms with Crippen molar-refractivity contribution in [3.05, 3.63) is 42.1 Å². The molecule has 0 radical (unpaired) electrons. The fourth-order valence-corrected chi connectivity index (χ4v) is 2.98. The highest BCUT2D eigenvalue weighted by Crippen LogP contribution is 2.27. The Morgan fingerprint density at radius 2 is 1.96 bits per heavy atom. The number of carbonyl (C=O) groups excluding carboxylic acids is 1. The molecule has 3 atom stereocenters. The number of ketones is 1. The first kappa shape index (κ1) is 19.3. The molecule has 144 valence electrons. The van der Waals surface area contributed by atoms with Crippen molar-refractivity contribution < 1.29 is 22.4 Å². The van der Waals surface area contributed by atoms with Crippen LogP contribution in [0.5, 0.6) is 0 Å². The summed E-state index contributed by atoms with van der Waals surface area (Å²) in [6.07, 6.45) is -1.12. The highest BCUT2D eigenvalue weighted by molar-refractivity contribution is 5.84. The van der Waals surface area contributed by atoms with Crippen LogP contribution in [0.25, 0.3) is 11.3 Å². The van der Waals surface area contributed by atoms with Crippen LogP contribution < -0.4 is 5.32 Å². The van der Waals surface area contributed by atoms with E-state index in [1.807, 2.05) is 0 Å². The van der Waals surface area contributed by atoms with Gasteiger partial charge in [0.2, 0.25) is 5.82 Å². The van der Waals surface area contributed by atoms with Crippen LogP contribution in [0.15, 0.2) is 30.7 Å². The molecule has 0 aromatic carbocycles. The molecule has 1 N–H and O–H groups in total. The lowest BCUT2D eigenvalue weighted by Gasteiger charge is -2.10. The van der Waals surface area contributed by atoms with Crippen molar-refractivity contribution in [2.45, 2.75) is 50.6 Å². The van der Waals surface area contributed by atoms with Crippen molar-refractivity contribution in [2.75, 3.05) is 0 Å². The number of alkyl halides is 4. The number of hydrogen-bond donors (Lipinski definition) is 1. The molecular formula is C18H18F4N4O. The summed E-state index contributed by atoms with van der Waals surface area (Å²) in [6.45, 7) is 1.71. The summed E-state index contributed by atoms with van der Waals surface area (Å²) in [5.74, 6) is -1.27. The molecule has 27 heavy (non-hydrogen) atoms. The Bertz CT molecular complexity index is 800. The van der Waals surface area contributed by atoms with Crippen molar-refractivity contribution in [3.63, 3.8) is 0 Å². The van der Waals surface area contributed by atoms with Gasteiger partial charge >= 0.3 is 6.18 Å². The van der Waals surface area contributed by atoms with E-state index in [-0.39, 0.29) is 24.7 Å². The molecule has 1 saturated heterocycles. The van der Waals surface area contributed by atoms with Crippen molar-refractivity contribution in [1.29, 1.82) is 0 Å². The molecule has 1 aliphatic rings. The first-order chi connectivity index (χ1) is 12.7. The summed E-state index contributed by atoms with van der Waals surface area (Å²) in [5.41, 5.74) is 1.57.